The first-order valence-electron chi connectivity index (χ1n) is 6.71. The maximum Gasteiger partial charge on any atom is 0.166 e. The van der Waals surface area contributed by atoms with Gasteiger partial charge in [0.15, 0.2) is 11.5 Å². The summed E-state index contributed by atoms with van der Waals surface area (Å²) in [6.07, 6.45) is 0. The number of alkyl halides is 1. The number of para-hydroxylation sites is 1. The Labute approximate surface area is 129 Å². The number of hydrogen-bond donors (Lipinski definition) is 0. The van der Waals surface area contributed by atoms with Crippen LogP contribution in [0.15, 0.2) is 42.5 Å². The molecular weight excluding hydrogens is 286 g/mol. The molecule has 2 aromatic rings. The summed E-state index contributed by atoms with van der Waals surface area (Å²) in [6.45, 7) is 2.77. The summed E-state index contributed by atoms with van der Waals surface area (Å²) in [4.78, 5) is 0. The molecule has 21 heavy (non-hydrogen) atoms. The molecule has 0 fully saturated rings. The summed E-state index contributed by atoms with van der Waals surface area (Å²) < 4.78 is 11.5. The summed E-state index contributed by atoms with van der Waals surface area (Å²) in [6, 6.07) is 15.2. The van der Waals surface area contributed by atoms with E-state index in [1.165, 1.54) is 0 Å². The van der Waals surface area contributed by atoms with Gasteiger partial charge in [-0.1, -0.05) is 30.3 Å². The Kier molecular flexibility index (Phi) is 5.48. The topological polar surface area (TPSA) is 42.2 Å². The van der Waals surface area contributed by atoms with E-state index < -0.39 is 0 Å². The first kappa shape index (κ1) is 15.2. The molecule has 3 nitrogen and oxygen atoms in total. The van der Waals surface area contributed by atoms with Crippen LogP contribution in [-0.4, -0.2) is 6.61 Å². The maximum atomic E-state index is 9.10. The highest BCUT2D eigenvalue weighted by Gasteiger charge is 2.11. The van der Waals surface area contributed by atoms with E-state index in [1.54, 1.807) is 6.07 Å². The molecule has 0 aromatic heterocycles. The molecule has 0 radical (unpaired) electrons. The van der Waals surface area contributed by atoms with Crippen molar-refractivity contribution in [2.24, 2.45) is 0 Å². The molecule has 0 amide bonds. The van der Waals surface area contributed by atoms with Crippen LogP contribution in [-0.2, 0) is 12.5 Å². The Morgan fingerprint density at radius 1 is 1.05 bits per heavy atom. The fourth-order valence-electron chi connectivity index (χ4n) is 2.00. The summed E-state index contributed by atoms with van der Waals surface area (Å²) in [5.41, 5.74) is 2.32. The van der Waals surface area contributed by atoms with Crippen LogP contribution < -0.4 is 9.47 Å². The molecule has 0 atom stereocenters. The summed E-state index contributed by atoms with van der Waals surface area (Å²) in [5, 5.41) is 9.10. The molecule has 0 aliphatic carbocycles. The fourth-order valence-corrected chi connectivity index (χ4v) is 2.22. The fraction of sp³-hybridized carbons (Fsp3) is 0.235. The van der Waals surface area contributed by atoms with Crippen LogP contribution in [0.25, 0.3) is 0 Å². The normalized spacial score (nSPS) is 9.95. The average Bonchev–Trinajstić information content (AvgIpc) is 2.54. The number of nitrogens with zero attached hydrogens (tertiary/aromatic N) is 1. The summed E-state index contributed by atoms with van der Waals surface area (Å²) >= 11 is 5.96. The Balaban J connectivity index is 2.25. The van der Waals surface area contributed by atoms with Crippen LogP contribution in [0.4, 0.5) is 0 Å². The van der Waals surface area contributed by atoms with Crippen molar-refractivity contribution in [1.82, 2.24) is 0 Å². The molecule has 0 N–H and O–H groups in total. The van der Waals surface area contributed by atoms with E-state index in [0.29, 0.717) is 36.2 Å². The SMILES string of the molecule is CCOc1cccc(CCl)c1OCc1ccccc1C#N. The van der Waals surface area contributed by atoms with Crippen molar-refractivity contribution in [1.29, 1.82) is 5.26 Å². The number of halogens is 1. The first-order chi connectivity index (χ1) is 10.3. The van der Waals surface area contributed by atoms with Gasteiger partial charge in [0.25, 0.3) is 0 Å². The Morgan fingerprint density at radius 2 is 1.81 bits per heavy atom. The second-order valence-corrected chi connectivity index (χ2v) is 4.64. The molecule has 0 spiro atoms. The van der Waals surface area contributed by atoms with Crippen LogP contribution in [0.1, 0.15) is 23.6 Å². The van der Waals surface area contributed by atoms with Gasteiger partial charge in [-0.2, -0.15) is 5.26 Å². The van der Waals surface area contributed by atoms with Crippen LogP contribution in [0.5, 0.6) is 11.5 Å². The molecule has 0 saturated carbocycles. The zero-order chi connectivity index (χ0) is 15.1. The molecular formula is C17H16ClNO2. The monoisotopic (exact) mass is 301 g/mol. The minimum atomic E-state index is 0.303. The first-order valence-corrected chi connectivity index (χ1v) is 7.25. The molecule has 0 aliphatic heterocycles. The third kappa shape index (κ3) is 3.68. The van der Waals surface area contributed by atoms with Crippen LogP contribution in [0, 0.1) is 11.3 Å². The molecule has 4 heteroatoms. The van der Waals surface area contributed by atoms with Gasteiger partial charge in [-0.3, -0.25) is 0 Å². The van der Waals surface area contributed by atoms with E-state index in [4.69, 9.17) is 26.3 Å². The van der Waals surface area contributed by atoms with E-state index >= 15 is 0 Å². The third-order valence-electron chi connectivity index (χ3n) is 3.01. The number of benzene rings is 2. The van der Waals surface area contributed by atoms with Gasteiger partial charge in [-0.15, -0.1) is 11.6 Å². The smallest absolute Gasteiger partial charge is 0.166 e. The summed E-state index contributed by atoms with van der Waals surface area (Å²) in [7, 11) is 0. The van der Waals surface area contributed by atoms with Gasteiger partial charge in [0.05, 0.1) is 24.1 Å². The minimum absolute atomic E-state index is 0.303. The average molecular weight is 302 g/mol. The van der Waals surface area contributed by atoms with Gasteiger partial charge in [0.2, 0.25) is 0 Å². The van der Waals surface area contributed by atoms with Crippen molar-refractivity contribution < 1.29 is 9.47 Å². The molecule has 0 saturated heterocycles. The Hall–Kier alpha value is -2.18. The number of ether oxygens (including phenoxy) is 2. The number of nitriles is 1. The lowest BCUT2D eigenvalue weighted by atomic mass is 10.1. The molecule has 2 rings (SSSR count). The van der Waals surface area contributed by atoms with Crippen LogP contribution >= 0.6 is 11.6 Å². The Bertz CT molecular complexity index is 649. The lowest BCUT2D eigenvalue weighted by Gasteiger charge is -2.15. The van der Waals surface area contributed by atoms with Crippen molar-refractivity contribution in [3.63, 3.8) is 0 Å². The zero-order valence-corrected chi connectivity index (χ0v) is 12.6. The van der Waals surface area contributed by atoms with E-state index in [1.807, 2.05) is 43.3 Å². The van der Waals surface area contributed by atoms with Crippen LogP contribution in [0.2, 0.25) is 0 Å². The van der Waals surface area contributed by atoms with Gasteiger partial charge < -0.3 is 9.47 Å². The molecule has 0 bridgehead atoms. The highest BCUT2D eigenvalue weighted by molar-refractivity contribution is 6.17. The molecule has 0 heterocycles. The highest BCUT2D eigenvalue weighted by atomic mass is 35.5. The lowest BCUT2D eigenvalue weighted by Crippen LogP contribution is -2.03. The van der Waals surface area contributed by atoms with Gasteiger partial charge in [0, 0.05) is 11.1 Å². The molecule has 0 aliphatic rings. The summed E-state index contributed by atoms with van der Waals surface area (Å²) in [5.74, 6) is 1.66. The van der Waals surface area contributed by atoms with Gasteiger partial charge in [-0.25, -0.2) is 0 Å². The molecule has 2 aromatic carbocycles. The predicted octanol–water partition coefficient (Wildman–Crippen LogP) is 4.27. The van der Waals surface area contributed by atoms with E-state index in [9.17, 15) is 0 Å². The lowest BCUT2D eigenvalue weighted by molar-refractivity contribution is 0.267. The largest absolute Gasteiger partial charge is 0.490 e. The zero-order valence-electron chi connectivity index (χ0n) is 11.8. The highest BCUT2D eigenvalue weighted by Crippen LogP contribution is 2.33. The van der Waals surface area contributed by atoms with Crippen LogP contribution in [0.3, 0.4) is 0 Å². The quantitative estimate of drug-likeness (QED) is 0.748. The van der Waals surface area contributed by atoms with E-state index in [-0.39, 0.29) is 0 Å². The van der Waals surface area contributed by atoms with Crippen molar-refractivity contribution >= 4 is 11.6 Å². The van der Waals surface area contributed by atoms with Gasteiger partial charge in [-0.05, 0) is 19.1 Å². The molecule has 0 unspecified atom stereocenters. The number of rotatable bonds is 6. The Morgan fingerprint density at radius 3 is 2.52 bits per heavy atom. The standard InChI is InChI=1S/C17H16ClNO2/c1-2-20-16-9-5-8-13(10-18)17(16)21-12-15-7-4-3-6-14(15)11-19/h3-9H,2,10,12H2,1H3. The predicted molar refractivity (Wildman–Crippen MR) is 82.7 cm³/mol. The van der Waals surface area contributed by atoms with Crippen molar-refractivity contribution in [3.8, 4) is 17.6 Å². The second-order valence-electron chi connectivity index (χ2n) is 4.37. The number of hydrogen-bond acceptors (Lipinski definition) is 3. The van der Waals surface area contributed by atoms with Gasteiger partial charge in [0.1, 0.15) is 6.61 Å². The minimum Gasteiger partial charge on any atom is -0.490 e. The van der Waals surface area contributed by atoms with Crippen molar-refractivity contribution in [2.45, 2.75) is 19.4 Å². The van der Waals surface area contributed by atoms with Gasteiger partial charge >= 0.3 is 0 Å². The van der Waals surface area contributed by atoms with E-state index in [2.05, 4.69) is 6.07 Å². The second kappa shape index (κ2) is 7.56. The maximum absolute atomic E-state index is 9.10. The van der Waals surface area contributed by atoms with E-state index in [0.717, 1.165) is 11.1 Å². The van der Waals surface area contributed by atoms with Crippen molar-refractivity contribution in [2.75, 3.05) is 6.61 Å². The third-order valence-corrected chi connectivity index (χ3v) is 3.30. The van der Waals surface area contributed by atoms with Crippen molar-refractivity contribution in [3.05, 3.63) is 59.2 Å². The molecule has 108 valence electrons.